The summed E-state index contributed by atoms with van der Waals surface area (Å²) in [5.74, 6) is 1.24. The number of nitrogens with zero attached hydrogens (tertiary/aromatic N) is 1. The molecule has 2 heterocycles. The van der Waals surface area contributed by atoms with Crippen molar-refractivity contribution in [3.05, 3.63) is 22.5 Å². The lowest BCUT2D eigenvalue weighted by molar-refractivity contribution is -0.00594. The molecule has 0 amide bonds. The lowest BCUT2D eigenvalue weighted by Gasteiger charge is -2.25. The predicted molar refractivity (Wildman–Crippen MR) is 71.5 cm³/mol. The van der Waals surface area contributed by atoms with Crippen LogP contribution in [0.4, 0.5) is 0 Å². The predicted octanol–water partition coefficient (Wildman–Crippen LogP) is 1.99. The Balaban J connectivity index is 2.12. The normalized spacial score (nSPS) is 28.7. The van der Waals surface area contributed by atoms with Gasteiger partial charge in [0, 0.05) is 11.0 Å². The van der Waals surface area contributed by atoms with Gasteiger partial charge in [0.2, 0.25) is 0 Å². The van der Waals surface area contributed by atoms with Crippen LogP contribution in [0.25, 0.3) is 0 Å². The second kappa shape index (κ2) is 4.08. The largest absolute Gasteiger partial charge is 0.489 e. The van der Waals surface area contributed by atoms with E-state index in [9.17, 15) is 10.2 Å². The number of aliphatic hydroxyl groups excluding tert-OH is 1. The number of halogens is 1. The average Bonchev–Trinajstić information content (AvgIpc) is 3.16. The molecule has 0 bridgehead atoms. The van der Waals surface area contributed by atoms with Gasteiger partial charge >= 0.3 is 0 Å². The van der Waals surface area contributed by atoms with E-state index in [1.54, 1.807) is 0 Å². The Kier molecular flexibility index (Phi) is 2.82. The molecule has 2 atom stereocenters. The van der Waals surface area contributed by atoms with Crippen LogP contribution in [0.1, 0.15) is 37.9 Å². The van der Waals surface area contributed by atoms with Crippen molar-refractivity contribution in [2.45, 2.75) is 37.7 Å². The fourth-order valence-corrected chi connectivity index (χ4v) is 3.03. The highest BCUT2D eigenvalue weighted by Crippen LogP contribution is 2.54. The number of aliphatic hydroxyl groups is 2. The SMILES string of the molecule is CC(O)(CO)c1cc2c(c(Cl)n1)OC[C@]2(C)C1CC1. The highest BCUT2D eigenvalue weighted by Gasteiger charge is 2.49. The van der Waals surface area contributed by atoms with Gasteiger partial charge in [-0.1, -0.05) is 18.5 Å². The first-order valence-electron chi connectivity index (χ1n) is 6.56. The number of hydrogen-bond donors (Lipinski definition) is 2. The van der Waals surface area contributed by atoms with E-state index in [0.717, 1.165) is 5.56 Å². The Morgan fingerprint density at radius 2 is 2.26 bits per heavy atom. The van der Waals surface area contributed by atoms with Crippen molar-refractivity contribution in [3.63, 3.8) is 0 Å². The van der Waals surface area contributed by atoms with Gasteiger partial charge in [-0.05, 0) is 31.7 Å². The van der Waals surface area contributed by atoms with Crippen LogP contribution in [0.2, 0.25) is 5.15 Å². The van der Waals surface area contributed by atoms with Gasteiger partial charge in [0.1, 0.15) is 5.60 Å². The Morgan fingerprint density at radius 1 is 1.58 bits per heavy atom. The molecule has 104 valence electrons. The molecule has 2 N–H and O–H groups in total. The van der Waals surface area contributed by atoms with Crippen LogP contribution in [-0.2, 0) is 11.0 Å². The van der Waals surface area contributed by atoms with Crippen molar-refractivity contribution in [3.8, 4) is 5.75 Å². The summed E-state index contributed by atoms with van der Waals surface area (Å²) in [6.07, 6.45) is 2.40. The molecule has 0 saturated heterocycles. The van der Waals surface area contributed by atoms with Crippen molar-refractivity contribution >= 4 is 11.6 Å². The molecule has 1 aromatic heterocycles. The van der Waals surface area contributed by atoms with Gasteiger partial charge in [-0.2, -0.15) is 0 Å². The van der Waals surface area contributed by atoms with E-state index in [2.05, 4.69) is 11.9 Å². The second-order valence-electron chi connectivity index (χ2n) is 6.09. The van der Waals surface area contributed by atoms with Crippen molar-refractivity contribution in [2.75, 3.05) is 13.2 Å². The molecule has 0 spiro atoms. The van der Waals surface area contributed by atoms with Crippen LogP contribution in [-0.4, -0.2) is 28.4 Å². The fourth-order valence-electron chi connectivity index (χ4n) is 2.78. The Hall–Kier alpha value is -0.840. The monoisotopic (exact) mass is 283 g/mol. The summed E-state index contributed by atoms with van der Waals surface area (Å²) in [4.78, 5) is 4.16. The molecule has 1 saturated carbocycles. The van der Waals surface area contributed by atoms with Crippen LogP contribution in [0, 0.1) is 5.92 Å². The van der Waals surface area contributed by atoms with E-state index >= 15 is 0 Å². The standard InChI is InChI=1S/C14H18ClNO3/c1-13(8-3-4-8)7-19-11-9(13)5-10(16-12(11)15)14(2,18)6-17/h5,8,17-18H,3-4,6-7H2,1-2H3/t13-,14?/m1/s1. The molecule has 1 aliphatic carbocycles. The summed E-state index contributed by atoms with van der Waals surface area (Å²) in [7, 11) is 0. The number of rotatable bonds is 3. The van der Waals surface area contributed by atoms with Gasteiger partial charge in [0.25, 0.3) is 0 Å². The summed E-state index contributed by atoms with van der Waals surface area (Å²) < 4.78 is 5.71. The van der Waals surface area contributed by atoms with E-state index in [1.165, 1.54) is 19.8 Å². The molecule has 4 nitrogen and oxygen atoms in total. The summed E-state index contributed by atoms with van der Waals surface area (Å²) in [5, 5.41) is 19.7. The van der Waals surface area contributed by atoms with Crippen molar-refractivity contribution in [2.24, 2.45) is 5.92 Å². The van der Waals surface area contributed by atoms with Gasteiger partial charge in [-0.15, -0.1) is 0 Å². The number of pyridine rings is 1. The minimum atomic E-state index is -1.38. The first kappa shape index (κ1) is 13.2. The maximum Gasteiger partial charge on any atom is 0.171 e. The molecule has 1 unspecified atom stereocenters. The molecule has 19 heavy (non-hydrogen) atoms. The van der Waals surface area contributed by atoms with Crippen LogP contribution >= 0.6 is 11.6 Å². The highest BCUT2D eigenvalue weighted by molar-refractivity contribution is 6.31. The molecule has 2 aliphatic rings. The smallest absolute Gasteiger partial charge is 0.171 e. The number of aromatic nitrogens is 1. The minimum absolute atomic E-state index is 0.0534. The Labute approximate surface area is 117 Å². The number of ether oxygens (including phenoxy) is 1. The molecule has 1 aliphatic heterocycles. The van der Waals surface area contributed by atoms with E-state index in [4.69, 9.17) is 16.3 Å². The summed E-state index contributed by atoms with van der Waals surface area (Å²) in [6, 6.07) is 1.84. The fraction of sp³-hybridized carbons (Fsp3) is 0.643. The summed E-state index contributed by atoms with van der Waals surface area (Å²) in [6.45, 7) is 3.92. The first-order chi connectivity index (χ1) is 8.88. The zero-order valence-electron chi connectivity index (χ0n) is 11.1. The van der Waals surface area contributed by atoms with Gasteiger partial charge in [0.05, 0.1) is 18.9 Å². The van der Waals surface area contributed by atoms with Crippen LogP contribution in [0.3, 0.4) is 0 Å². The molecule has 0 aromatic carbocycles. The van der Waals surface area contributed by atoms with Crippen molar-refractivity contribution in [1.29, 1.82) is 0 Å². The topological polar surface area (TPSA) is 62.6 Å². The van der Waals surface area contributed by atoms with Crippen molar-refractivity contribution < 1.29 is 14.9 Å². The second-order valence-corrected chi connectivity index (χ2v) is 6.45. The van der Waals surface area contributed by atoms with Crippen LogP contribution in [0.15, 0.2) is 6.07 Å². The Morgan fingerprint density at radius 3 is 2.84 bits per heavy atom. The third kappa shape index (κ3) is 1.93. The van der Waals surface area contributed by atoms with E-state index in [-0.39, 0.29) is 10.6 Å². The molecule has 1 aromatic rings. The molecular weight excluding hydrogens is 266 g/mol. The van der Waals surface area contributed by atoms with Gasteiger partial charge < -0.3 is 14.9 Å². The van der Waals surface area contributed by atoms with Crippen LogP contribution < -0.4 is 4.74 Å². The van der Waals surface area contributed by atoms with Gasteiger partial charge in [-0.25, -0.2) is 4.98 Å². The van der Waals surface area contributed by atoms with Gasteiger partial charge in [-0.3, -0.25) is 0 Å². The quantitative estimate of drug-likeness (QED) is 0.833. The van der Waals surface area contributed by atoms with Crippen molar-refractivity contribution in [1.82, 2.24) is 4.98 Å². The van der Waals surface area contributed by atoms with E-state index < -0.39 is 12.2 Å². The zero-order chi connectivity index (χ0) is 13.8. The Bertz CT molecular complexity index is 528. The molecular formula is C14H18ClNO3. The minimum Gasteiger partial charge on any atom is -0.489 e. The van der Waals surface area contributed by atoms with E-state index in [0.29, 0.717) is 24.0 Å². The zero-order valence-corrected chi connectivity index (χ0v) is 11.9. The summed E-state index contributed by atoms with van der Waals surface area (Å²) >= 11 is 6.16. The summed E-state index contributed by atoms with van der Waals surface area (Å²) in [5.41, 5.74) is -0.0247. The van der Waals surface area contributed by atoms with Crippen LogP contribution in [0.5, 0.6) is 5.75 Å². The lowest BCUT2D eigenvalue weighted by atomic mass is 9.79. The molecule has 0 radical (unpaired) electrons. The third-order valence-corrected chi connectivity index (χ3v) is 4.66. The van der Waals surface area contributed by atoms with Gasteiger partial charge in [0.15, 0.2) is 10.9 Å². The average molecular weight is 284 g/mol. The molecule has 3 rings (SSSR count). The maximum absolute atomic E-state index is 10.2. The maximum atomic E-state index is 10.2. The molecule has 5 heteroatoms. The highest BCUT2D eigenvalue weighted by atomic mass is 35.5. The van der Waals surface area contributed by atoms with E-state index in [1.807, 2.05) is 6.07 Å². The number of hydrogen-bond acceptors (Lipinski definition) is 4. The third-order valence-electron chi connectivity index (χ3n) is 4.40. The number of fused-ring (bicyclic) bond motifs is 1. The lowest BCUT2D eigenvalue weighted by Crippen LogP contribution is -2.29. The first-order valence-corrected chi connectivity index (χ1v) is 6.94. The molecule has 1 fully saturated rings.